The second-order valence-corrected chi connectivity index (χ2v) is 6.22. The highest BCUT2D eigenvalue weighted by Crippen LogP contribution is 2.58. The quantitative estimate of drug-likeness (QED) is 0.864. The first-order valence-electron chi connectivity index (χ1n) is 7.17. The van der Waals surface area contributed by atoms with Crippen molar-refractivity contribution in [3.63, 3.8) is 0 Å². The molecule has 0 aliphatic heterocycles. The van der Waals surface area contributed by atoms with Crippen LogP contribution in [0, 0.1) is 23.7 Å². The molecule has 0 spiro atoms. The number of hydrogen-bond acceptors (Lipinski definition) is 2. The molecule has 3 fully saturated rings. The summed E-state index contributed by atoms with van der Waals surface area (Å²) in [6, 6.07) is 4.81. The van der Waals surface area contributed by atoms with Crippen LogP contribution in [0.2, 0.25) is 0 Å². The van der Waals surface area contributed by atoms with Crippen LogP contribution in [0.4, 0.5) is 0 Å². The Morgan fingerprint density at radius 2 is 2.12 bits per heavy atom. The van der Waals surface area contributed by atoms with Gasteiger partial charge in [-0.25, -0.2) is 0 Å². The lowest BCUT2D eigenvalue weighted by Gasteiger charge is -2.32. The topological polar surface area (TPSA) is 25.2 Å². The Labute approximate surface area is 103 Å². The second kappa shape index (κ2) is 3.88. The van der Waals surface area contributed by atoms with Crippen molar-refractivity contribution in [1.82, 2.24) is 5.32 Å². The van der Waals surface area contributed by atoms with Crippen molar-refractivity contribution < 1.29 is 4.42 Å². The monoisotopic (exact) mass is 231 g/mol. The zero-order chi connectivity index (χ0) is 11.2. The minimum atomic E-state index is 0.768. The number of fused-ring (bicyclic) bond motifs is 5. The molecule has 0 unspecified atom stereocenters. The van der Waals surface area contributed by atoms with Gasteiger partial charge in [0.25, 0.3) is 0 Å². The van der Waals surface area contributed by atoms with Crippen molar-refractivity contribution >= 4 is 0 Å². The zero-order valence-electron chi connectivity index (χ0n) is 10.3. The van der Waals surface area contributed by atoms with E-state index in [2.05, 4.69) is 11.4 Å². The van der Waals surface area contributed by atoms with E-state index < -0.39 is 0 Å². The Morgan fingerprint density at radius 3 is 3.00 bits per heavy atom. The van der Waals surface area contributed by atoms with E-state index in [1.165, 1.54) is 32.1 Å². The predicted molar refractivity (Wildman–Crippen MR) is 66.4 cm³/mol. The van der Waals surface area contributed by atoms with E-state index in [1.54, 1.807) is 6.26 Å². The number of hydrogen-bond donors (Lipinski definition) is 1. The minimum absolute atomic E-state index is 0.768. The van der Waals surface area contributed by atoms with Crippen LogP contribution in [0.3, 0.4) is 0 Å². The zero-order valence-corrected chi connectivity index (χ0v) is 10.3. The average Bonchev–Trinajstić information content (AvgIpc) is 3.08. The van der Waals surface area contributed by atoms with Crippen molar-refractivity contribution in [2.75, 3.05) is 0 Å². The molecule has 5 atom stereocenters. The van der Waals surface area contributed by atoms with Crippen LogP contribution in [-0.4, -0.2) is 6.04 Å². The Hall–Kier alpha value is -0.760. The lowest BCUT2D eigenvalue weighted by atomic mass is 9.79. The largest absolute Gasteiger partial charge is 0.468 e. The van der Waals surface area contributed by atoms with Crippen LogP contribution in [0.15, 0.2) is 22.8 Å². The molecule has 1 aromatic heterocycles. The van der Waals surface area contributed by atoms with Gasteiger partial charge in [0, 0.05) is 6.04 Å². The fourth-order valence-corrected chi connectivity index (χ4v) is 4.95. The Balaban J connectivity index is 1.41. The molecule has 3 aliphatic rings. The highest BCUT2D eigenvalue weighted by molar-refractivity contribution is 5.06. The van der Waals surface area contributed by atoms with E-state index in [1.807, 2.05) is 6.07 Å². The van der Waals surface area contributed by atoms with Crippen molar-refractivity contribution in [1.29, 1.82) is 0 Å². The van der Waals surface area contributed by atoms with Crippen molar-refractivity contribution in [2.24, 2.45) is 23.7 Å². The maximum absolute atomic E-state index is 5.40. The molecule has 1 heterocycles. The SMILES string of the molecule is c1coc(CN[C@@H]2C[C@H]3C[C@@H]2[C@@H]2CCC[C@H]32)c1. The molecule has 1 aromatic rings. The van der Waals surface area contributed by atoms with E-state index in [-0.39, 0.29) is 0 Å². The Bertz CT molecular complexity index is 386. The van der Waals surface area contributed by atoms with Crippen LogP contribution in [0.25, 0.3) is 0 Å². The molecule has 4 rings (SSSR count). The summed E-state index contributed by atoms with van der Waals surface area (Å²) < 4.78 is 5.40. The van der Waals surface area contributed by atoms with Gasteiger partial charge in [0.05, 0.1) is 12.8 Å². The van der Waals surface area contributed by atoms with Crippen LogP contribution >= 0.6 is 0 Å². The molecule has 2 nitrogen and oxygen atoms in total. The smallest absolute Gasteiger partial charge is 0.117 e. The fourth-order valence-electron chi connectivity index (χ4n) is 4.95. The Morgan fingerprint density at radius 1 is 1.18 bits per heavy atom. The molecule has 0 radical (unpaired) electrons. The van der Waals surface area contributed by atoms with E-state index >= 15 is 0 Å². The van der Waals surface area contributed by atoms with Gasteiger partial charge in [0.15, 0.2) is 0 Å². The molecular formula is C15H21NO. The van der Waals surface area contributed by atoms with E-state index in [0.29, 0.717) is 0 Å². The third-order valence-corrected chi connectivity index (χ3v) is 5.55. The number of rotatable bonds is 3. The minimum Gasteiger partial charge on any atom is -0.468 e. The third kappa shape index (κ3) is 1.57. The summed E-state index contributed by atoms with van der Waals surface area (Å²) in [7, 11) is 0. The second-order valence-electron chi connectivity index (χ2n) is 6.22. The average molecular weight is 231 g/mol. The normalized spacial score (nSPS) is 43.2. The predicted octanol–water partition coefficient (Wildman–Crippen LogP) is 3.19. The summed E-state index contributed by atoms with van der Waals surface area (Å²) in [5, 5.41) is 3.73. The van der Waals surface area contributed by atoms with Crippen LogP contribution in [-0.2, 0) is 6.54 Å². The molecule has 0 amide bonds. The van der Waals surface area contributed by atoms with Crippen molar-refractivity contribution in [3.8, 4) is 0 Å². The lowest BCUT2D eigenvalue weighted by molar-refractivity contribution is 0.205. The third-order valence-electron chi connectivity index (χ3n) is 5.55. The van der Waals surface area contributed by atoms with Gasteiger partial charge in [-0.1, -0.05) is 6.42 Å². The summed E-state index contributed by atoms with van der Waals surface area (Å²) in [5.41, 5.74) is 0. The number of nitrogens with one attached hydrogen (secondary N) is 1. The molecule has 17 heavy (non-hydrogen) atoms. The lowest BCUT2D eigenvalue weighted by Crippen LogP contribution is -2.38. The maximum atomic E-state index is 5.40. The van der Waals surface area contributed by atoms with Gasteiger partial charge >= 0.3 is 0 Å². The van der Waals surface area contributed by atoms with E-state index in [9.17, 15) is 0 Å². The molecule has 0 saturated heterocycles. The van der Waals surface area contributed by atoms with E-state index in [4.69, 9.17) is 4.42 Å². The molecular weight excluding hydrogens is 210 g/mol. The standard InChI is InChI=1S/C15H21NO/c1-4-12-10-7-14(13(12)5-1)15(8-10)16-9-11-3-2-6-17-11/h2-3,6,10,12-16H,1,4-5,7-9H2/t10-,12-,13-,14-,15-/m1/s1. The highest BCUT2D eigenvalue weighted by atomic mass is 16.3. The van der Waals surface area contributed by atoms with Crippen molar-refractivity contribution in [2.45, 2.75) is 44.7 Å². The van der Waals surface area contributed by atoms with Gasteiger partial charge in [-0.3, -0.25) is 0 Å². The summed E-state index contributed by atoms with van der Waals surface area (Å²) in [6.07, 6.45) is 9.22. The molecule has 2 heteroatoms. The van der Waals surface area contributed by atoms with Gasteiger partial charge in [-0.05, 0) is 61.5 Å². The van der Waals surface area contributed by atoms with Crippen LogP contribution in [0.5, 0.6) is 0 Å². The van der Waals surface area contributed by atoms with E-state index in [0.717, 1.165) is 42.0 Å². The van der Waals surface area contributed by atoms with Gasteiger partial charge in [0.2, 0.25) is 0 Å². The van der Waals surface area contributed by atoms with Gasteiger partial charge < -0.3 is 9.73 Å². The molecule has 92 valence electrons. The van der Waals surface area contributed by atoms with Crippen LogP contribution < -0.4 is 5.32 Å². The summed E-state index contributed by atoms with van der Waals surface area (Å²) in [4.78, 5) is 0. The molecule has 2 bridgehead atoms. The number of furan rings is 1. The first-order valence-corrected chi connectivity index (χ1v) is 7.17. The van der Waals surface area contributed by atoms with Gasteiger partial charge in [-0.15, -0.1) is 0 Å². The van der Waals surface area contributed by atoms with Gasteiger partial charge in [0.1, 0.15) is 5.76 Å². The molecule has 3 saturated carbocycles. The Kier molecular flexibility index (Phi) is 2.32. The summed E-state index contributed by atoms with van der Waals surface area (Å²) in [6.45, 7) is 0.915. The first-order chi connectivity index (χ1) is 8.42. The van der Waals surface area contributed by atoms with Gasteiger partial charge in [-0.2, -0.15) is 0 Å². The highest BCUT2D eigenvalue weighted by Gasteiger charge is 2.53. The summed E-state index contributed by atoms with van der Waals surface area (Å²) >= 11 is 0. The first kappa shape index (κ1) is 10.2. The molecule has 1 N–H and O–H groups in total. The summed E-state index contributed by atoms with van der Waals surface area (Å²) in [5.74, 6) is 5.25. The molecule has 3 aliphatic carbocycles. The van der Waals surface area contributed by atoms with Crippen LogP contribution in [0.1, 0.15) is 37.9 Å². The van der Waals surface area contributed by atoms with Crippen molar-refractivity contribution in [3.05, 3.63) is 24.2 Å². The maximum Gasteiger partial charge on any atom is 0.117 e. The molecule has 0 aromatic carbocycles. The fraction of sp³-hybridized carbons (Fsp3) is 0.733.